The van der Waals surface area contributed by atoms with Crippen molar-refractivity contribution in [1.29, 1.82) is 0 Å². The van der Waals surface area contributed by atoms with Gasteiger partial charge in [0.05, 0.1) is 26.5 Å². The number of nitrogens with one attached hydrogen (secondary N) is 1. The van der Waals surface area contributed by atoms with E-state index in [-0.39, 0.29) is 18.2 Å². The molecule has 39 heavy (non-hydrogen) atoms. The molecule has 1 N–H and O–H groups in total. The van der Waals surface area contributed by atoms with Gasteiger partial charge >= 0.3 is 0 Å². The predicted molar refractivity (Wildman–Crippen MR) is 156 cm³/mol. The molecule has 8 nitrogen and oxygen atoms in total. The van der Waals surface area contributed by atoms with Gasteiger partial charge in [0.2, 0.25) is 11.8 Å². The van der Waals surface area contributed by atoms with E-state index in [9.17, 15) is 9.59 Å². The van der Waals surface area contributed by atoms with Crippen molar-refractivity contribution in [3.8, 4) is 17.2 Å². The van der Waals surface area contributed by atoms with E-state index in [0.717, 1.165) is 5.56 Å². The zero-order chi connectivity index (χ0) is 27.8. The molecular weight excluding hydrogens is 538 g/mol. The van der Waals surface area contributed by atoms with Gasteiger partial charge in [-0.2, -0.15) is 0 Å². The van der Waals surface area contributed by atoms with Gasteiger partial charge in [0.15, 0.2) is 16.7 Å². The number of carbonyl (C=O) groups is 2. The van der Waals surface area contributed by atoms with Crippen LogP contribution in [0.1, 0.15) is 18.9 Å². The first-order valence-corrected chi connectivity index (χ1v) is 13.7. The molecule has 1 aliphatic rings. The summed E-state index contributed by atoms with van der Waals surface area (Å²) in [6, 6.07) is 19.9. The molecule has 0 radical (unpaired) electrons. The van der Waals surface area contributed by atoms with E-state index >= 15 is 0 Å². The molecule has 1 atom stereocenters. The number of methoxy groups -OCH3 is 2. The summed E-state index contributed by atoms with van der Waals surface area (Å²) in [5, 5.41) is 3.23. The maximum absolute atomic E-state index is 13.4. The molecule has 10 heteroatoms. The zero-order valence-corrected chi connectivity index (χ0v) is 23.6. The van der Waals surface area contributed by atoms with Crippen LogP contribution in [0.5, 0.6) is 17.2 Å². The normalized spacial score (nSPS) is 16.2. The highest BCUT2D eigenvalue weighted by molar-refractivity contribution is 8.15. The molecule has 3 aromatic rings. The second kappa shape index (κ2) is 13.4. The summed E-state index contributed by atoms with van der Waals surface area (Å²) in [6.07, 6.45) is 0.602. The van der Waals surface area contributed by atoms with Crippen LogP contribution in [0.15, 0.2) is 71.7 Å². The fraction of sp³-hybridized carbons (Fsp3) is 0.276. The third-order valence-electron chi connectivity index (χ3n) is 5.95. The molecule has 0 saturated carbocycles. The van der Waals surface area contributed by atoms with Gasteiger partial charge in [-0.3, -0.25) is 14.5 Å². The van der Waals surface area contributed by atoms with Gasteiger partial charge < -0.3 is 19.5 Å². The fourth-order valence-corrected chi connectivity index (χ4v) is 5.36. The van der Waals surface area contributed by atoms with Crippen LogP contribution in [-0.4, -0.2) is 54.5 Å². The van der Waals surface area contributed by atoms with Crippen LogP contribution in [0.25, 0.3) is 0 Å². The number of ether oxygens (including phenoxy) is 3. The van der Waals surface area contributed by atoms with E-state index < -0.39 is 5.25 Å². The number of nitrogens with zero attached hydrogens (tertiary/aromatic N) is 2. The molecule has 1 saturated heterocycles. The summed E-state index contributed by atoms with van der Waals surface area (Å²) in [4.78, 5) is 32.9. The van der Waals surface area contributed by atoms with Gasteiger partial charge in [0, 0.05) is 29.7 Å². The first-order valence-electron chi connectivity index (χ1n) is 12.5. The van der Waals surface area contributed by atoms with Gasteiger partial charge in [0.1, 0.15) is 11.0 Å². The molecule has 0 bridgehead atoms. The molecule has 2 amide bonds. The molecule has 4 rings (SSSR count). The average Bonchev–Trinajstić information content (AvgIpc) is 2.92. The van der Waals surface area contributed by atoms with E-state index in [2.05, 4.69) is 5.32 Å². The zero-order valence-electron chi connectivity index (χ0n) is 22.0. The van der Waals surface area contributed by atoms with Crippen molar-refractivity contribution in [3.63, 3.8) is 0 Å². The van der Waals surface area contributed by atoms with Crippen LogP contribution >= 0.6 is 23.4 Å². The number of amidine groups is 1. The number of benzene rings is 3. The third-order valence-corrected chi connectivity index (χ3v) is 7.37. The predicted octanol–water partition coefficient (Wildman–Crippen LogP) is 5.96. The van der Waals surface area contributed by atoms with Crippen LogP contribution in [0.2, 0.25) is 5.02 Å². The number of hydrogen-bond donors (Lipinski definition) is 1. The topological polar surface area (TPSA) is 89.5 Å². The standard InChI is InChI=1S/C29H30ClN3O5S/c1-4-38-23-10-6-9-22(17-23)31-28(35)26-18-27(34)33(29(39-26)32-21-8-5-7-20(30)16-21)14-13-19-11-12-24(36-2)25(15-19)37-3/h5-12,15-17,26H,4,13-14,18H2,1-3H3,(H,31,35). The number of halogens is 1. The van der Waals surface area contributed by atoms with Crippen LogP contribution in [0.4, 0.5) is 11.4 Å². The maximum Gasteiger partial charge on any atom is 0.238 e. The molecule has 204 valence electrons. The number of thioether (sulfide) groups is 1. The van der Waals surface area contributed by atoms with Crippen LogP contribution in [0.3, 0.4) is 0 Å². The SMILES string of the molecule is CCOc1cccc(NC(=O)C2CC(=O)N(CCc3ccc(OC)c(OC)c3)C(=Nc3cccc(Cl)c3)S2)c1. The monoisotopic (exact) mass is 567 g/mol. The summed E-state index contributed by atoms with van der Waals surface area (Å²) >= 11 is 7.43. The summed E-state index contributed by atoms with van der Waals surface area (Å²) in [5.41, 5.74) is 2.17. The molecule has 1 fully saturated rings. The van der Waals surface area contributed by atoms with Crippen molar-refractivity contribution in [3.05, 3.63) is 77.3 Å². The lowest BCUT2D eigenvalue weighted by Crippen LogP contribution is -2.46. The molecule has 0 aromatic heterocycles. The van der Waals surface area contributed by atoms with E-state index in [0.29, 0.717) is 58.4 Å². The third kappa shape index (κ3) is 7.46. The Labute approximate surface area is 237 Å². The first-order chi connectivity index (χ1) is 18.9. The minimum Gasteiger partial charge on any atom is -0.494 e. The fourth-order valence-electron chi connectivity index (χ4n) is 4.05. The minimum atomic E-state index is -0.650. The van der Waals surface area contributed by atoms with Crippen molar-refractivity contribution in [2.75, 3.05) is 32.7 Å². The van der Waals surface area contributed by atoms with Crippen molar-refractivity contribution < 1.29 is 23.8 Å². The lowest BCUT2D eigenvalue weighted by atomic mass is 10.1. The van der Waals surface area contributed by atoms with Gasteiger partial charge in [-0.05, 0) is 61.4 Å². The Hall–Kier alpha value is -3.69. The summed E-state index contributed by atoms with van der Waals surface area (Å²) < 4.78 is 16.3. The number of aliphatic imine (C=N–C) groups is 1. The van der Waals surface area contributed by atoms with Gasteiger partial charge in [-0.1, -0.05) is 41.6 Å². The minimum absolute atomic E-state index is 0.0438. The van der Waals surface area contributed by atoms with Crippen molar-refractivity contribution in [2.45, 2.75) is 25.0 Å². The molecule has 1 unspecified atom stereocenters. The molecule has 1 aliphatic heterocycles. The Kier molecular flexibility index (Phi) is 9.73. The Morgan fingerprint density at radius 1 is 1.08 bits per heavy atom. The molecule has 3 aromatic carbocycles. The number of anilines is 1. The number of amides is 2. The van der Waals surface area contributed by atoms with Gasteiger partial charge in [-0.25, -0.2) is 4.99 Å². The number of rotatable bonds is 10. The van der Waals surface area contributed by atoms with Crippen LogP contribution in [-0.2, 0) is 16.0 Å². The van der Waals surface area contributed by atoms with E-state index in [1.54, 1.807) is 55.5 Å². The summed E-state index contributed by atoms with van der Waals surface area (Å²) in [7, 11) is 3.17. The molecular formula is C29H30ClN3O5S. The van der Waals surface area contributed by atoms with Crippen molar-refractivity contribution in [1.82, 2.24) is 4.90 Å². The van der Waals surface area contributed by atoms with Gasteiger partial charge in [0.25, 0.3) is 0 Å². The second-order valence-electron chi connectivity index (χ2n) is 8.62. The largest absolute Gasteiger partial charge is 0.494 e. The molecule has 0 spiro atoms. The van der Waals surface area contributed by atoms with E-state index in [1.807, 2.05) is 37.3 Å². The Balaban J connectivity index is 1.54. The summed E-state index contributed by atoms with van der Waals surface area (Å²) in [6.45, 7) is 2.80. The number of hydrogen-bond acceptors (Lipinski definition) is 7. The average molecular weight is 568 g/mol. The Morgan fingerprint density at radius 2 is 1.87 bits per heavy atom. The summed E-state index contributed by atoms with van der Waals surface area (Å²) in [5.74, 6) is 1.45. The Bertz CT molecular complexity index is 1370. The van der Waals surface area contributed by atoms with Crippen LogP contribution < -0.4 is 19.5 Å². The number of carbonyl (C=O) groups excluding carboxylic acids is 2. The van der Waals surface area contributed by atoms with Crippen molar-refractivity contribution >= 4 is 51.7 Å². The van der Waals surface area contributed by atoms with E-state index in [4.69, 9.17) is 30.8 Å². The quantitative estimate of drug-likeness (QED) is 0.325. The highest BCUT2D eigenvalue weighted by Crippen LogP contribution is 2.32. The Morgan fingerprint density at radius 3 is 2.62 bits per heavy atom. The first kappa shape index (κ1) is 28.3. The molecule has 1 heterocycles. The smallest absolute Gasteiger partial charge is 0.238 e. The maximum atomic E-state index is 13.4. The molecule has 0 aliphatic carbocycles. The van der Waals surface area contributed by atoms with Crippen molar-refractivity contribution in [2.24, 2.45) is 4.99 Å². The lowest BCUT2D eigenvalue weighted by molar-refractivity contribution is -0.129. The lowest BCUT2D eigenvalue weighted by Gasteiger charge is -2.32. The second-order valence-corrected chi connectivity index (χ2v) is 10.2. The highest BCUT2D eigenvalue weighted by Gasteiger charge is 2.36. The van der Waals surface area contributed by atoms with E-state index in [1.165, 1.54) is 11.8 Å². The highest BCUT2D eigenvalue weighted by atomic mass is 35.5. The van der Waals surface area contributed by atoms with Gasteiger partial charge in [-0.15, -0.1) is 0 Å². The van der Waals surface area contributed by atoms with Crippen LogP contribution in [0, 0.1) is 0 Å².